The minimum Gasteiger partial charge on any atom is -0.462 e. The van der Waals surface area contributed by atoms with Gasteiger partial charge in [0.15, 0.2) is 0 Å². The largest absolute Gasteiger partial charge is 0.462 e. The summed E-state index contributed by atoms with van der Waals surface area (Å²) in [7, 11) is 0. The lowest BCUT2D eigenvalue weighted by Gasteiger charge is -2.24. The molecular weight excluding hydrogens is 851 g/mol. The molecule has 3 N–H and O–H groups in total. The number of aliphatic hydroxyl groups excluding tert-OH is 2. The van der Waals surface area contributed by atoms with Crippen LogP contribution in [0.1, 0.15) is 316 Å². The fraction of sp³-hybridized carbons (Fsp3) is 0.841. The summed E-state index contributed by atoms with van der Waals surface area (Å²) in [5.74, 6) is -0.494. The summed E-state index contributed by atoms with van der Waals surface area (Å²) >= 11 is 0. The molecule has 0 aliphatic heterocycles. The summed E-state index contributed by atoms with van der Waals surface area (Å²) in [6, 6.07) is -0.708. The van der Waals surface area contributed by atoms with Crippen LogP contribution in [-0.4, -0.2) is 46.9 Å². The summed E-state index contributed by atoms with van der Waals surface area (Å²) in [6.07, 6.45) is 70.3. The molecule has 0 aromatic carbocycles. The molecule has 0 spiro atoms. The molecule has 3 atom stereocenters. The molecule has 0 aromatic rings. The topological polar surface area (TPSA) is 95.9 Å². The number of unbranched alkanes of at least 4 members (excludes halogenated alkanes) is 35. The van der Waals surface area contributed by atoms with Crippen LogP contribution in [0.4, 0.5) is 0 Å². The van der Waals surface area contributed by atoms with E-state index < -0.39 is 18.2 Å². The van der Waals surface area contributed by atoms with Gasteiger partial charge in [-0.2, -0.15) is 0 Å². The molecule has 6 nitrogen and oxygen atoms in total. The first-order valence-electron chi connectivity index (χ1n) is 30.4. The number of amides is 1. The van der Waals surface area contributed by atoms with Crippen LogP contribution < -0.4 is 5.32 Å². The summed E-state index contributed by atoms with van der Waals surface area (Å²) in [5.41, 5.74) is 0. The fourth-order valence-electron chi connectivity index (χ4n) is 9.30. The van der Waals surface area contributed by atoms with Gasteiger partial charge in [0.2, 0.25) is 5.91 Å². The first-order chi connectivity index (χ1) is 34.0. The summed E-state index contributed by atoms with van der Waals surface area (Å²) in [6.45, 7) is 6.49. The highest BCUT2D eigenvalue weighted by Gasteiger charge is 2.24. The van der Waals surface area contributed by atoms with E-state index in [1.54, 1.807) is 0 Å². The zero-order chi connectivity index (χ0) is 50.2. The number of rotatable bonds is 55. The fourth-order valence-corrected chi connectivity index (χ4v) is 9.30. The minimum atomic E-state index is -0.793. The molecule has 0 aromatic heterocycles. The Morgan fingerprint density at radius 1 is 0.420 bits per heavy atom. The van der Waals surface area contributed by atoms with Gasteiger partial charge in [-0.15, -0.1) is 0 Å². The molecule has 6 heteroatoms. The first kappa shape index (κ1) is 66.8. The third kappa shape index (κ3) is 52.0. The molecule has 0 rings (SSSR count). The maximum absolute atomic E-state index is 13.3. The number of aliphatic hydroxyl groups is 2. The average molecular weight is 969 g/mol. The number of carbonyl (C=O) groups excluding carboxylic acids is 2. The van der Waals surface area contributed by atoms with E-state index in [1.165, 1.54) is 193 Å². The Bertz CT molecular complexity index is 1180. The van der Waals surface area contributed by atoms with Crippen molar-refractivity contribution in [2.24, 2.45) is 0 Å². The molecule has 0 radical (unpaired) electrons. The van der Waals surface area contributed by atoms with Crippen LogP contribution in [0.3, 0.4) is 0 Å². The van der Waals surface area contributed by atoms with Gasteiger partial charge in [0.1, 0.15) is 6.10 Å². The molecule has 3 unspecified atom stereocenters. The van der Waals surface area contributed by atoms with E-state index in [-0.39, 0.29) is 24.9 Å². The molecule has 69 heavy (non-hydrogen) atoms. The average Bonchev–Trinajstić information content (AvgIpc) is 3.34. The van der Waals surface area contributed by atoms with Crippen molar-refractivity contribution in [3.8, 4) is 0 Å². The van der Waals surface area contributed by atoms with Gasteiger partial charge >= 0.3 is 5.97 Å². The summed E-state index contributed by atoms with van der Waals surface area (Å²) in [4.78, 5) is 26.3. The van der Waals surface area contributed by atoms with Crippen molar-refractivity contribution >= 4 is 11.9 Å². The highest BCUT2D eigenvalue weighted by atomic mass is 16.5. The quantitative estimate of drug-likeness (QED) is 0.0321. The van der Waals surface area contributed by atoms with Crippen molar-refractivity contribution in [2.45, 2.75) is 334 Å². The Kier molecular flexibility index (Phi) is 54.9. The zero-order valence-corrected chi connectivity index (χ0v) is 46.2. The zero-order valence-electron chi connectivity index (χ0n) is 46.2. The van der Waals surface area contributed by atoms with E-state index >= 15 is 0 Å². The summed E-state index contributed by atoms with van der Waals surface area (Å²) < 4.78 is 5.96. The number of allylic oxidation sites excluding steroid dienone is 8. The molecule has 0 aliphatic carbocycles. The van der Waals surface area contributed by atoms with Gasteiger partial charge in [0.25, 0.3) is 0 Å². The van der Waals surface area contributed by atoms with Gasteiger partial charge < -0.3 is 20.3 Å². The third-order valence-electron chi connectivity index (χ3n) is 13.9. The smallest absolute Gasteiger partial charge is 0.306 e. The van der Waals surface area contributed by atoms with E-state index in [2.05, 4.69) is 74.7 Å². The van der Waals surface area contributed by atoms with Crippen molar-refractivity contribution in [1.82, 2.24) is 5.32 Å². The molecule has 1 amide bonds. The number of hydrogen-bond acceptors (Lipinski definition) is 5. The lowest BCUT2D eigenvalue weighted by molar-refractivity contribution is -0.151. The minimum absolute atomic E-state index is 0.0682. The van der Waals surface area contributed by atoms with E-state index in [9.17, 15) is 19.8 Å². The number of ether oxygens (including phenoxy) is 1. The van der Waals surface area contributed by atoms with Crippen LogP contribution in [-0.2, 0) is 14.3 Å². The van der Waals surface area contributed by atoms with Gasteiger partial charge in [-0.05, 0) is 70.6 Å². The maximum atomic E-state index is 13.3. The van der Waals surface area contributed by atoms with Gasteiger partial charge in [0.05, 0.1) is 25.2 Å². The Balaban J connectivity index is 4.59. The van der Waals surface area contributed by atoms with E-state index in [0.29, 0.717) is 19.3 Å². The normalized spacial score (nSPS) is 13.4. The van der Waals surface area contributed by atoms with Crippen LogP contribution in [0.5, 0.6) is 0 Å². The van der Waals surface area contributed by atoms with Crippen LogP contribution in [0.2, 0.25) is 0 Å². The molecule has 404 valence electrons. The number of esters is 1. The first-order valence-corrected chi connectivity index (χ1v) is 30.4. The standard InChI is InChI=1S/C63H117NO5/c1-4-7-10-13-16-19-22-25-28-30-31-32-35-38-41-44-47-50-53-56-63(68)69-59(54-51-48-45-42-39-36-34-29-26-23-20-17-14-11-8-5-2)57-62(67)64-60(58-65)61(66)55-52-49-46-43-40-37-33-27-24-21-18-15-12-9-6-3/h16,19,25,28,31-32,38,41,59-61,65-66H,4-15,17-18,20-24,26-27,29-30,33-37,39-40,42-58H2,1-3H3,(H,64,67)/b19-16-,28-25-,32-31-,41-38-. The highest BCUT2D eigenvalue weighted by Crippen LogP contribution is 2.19. The van der Waals surface area contributed by atoms with E-state index in [0.717, 1.165) is 77.0 Å². The number of hydrogen-bond donors (Lipinski definition) is 3. The van der Waals surface area contributed by atoms with Gasteiger partial charge in [0, 0.05) is 6.42 Å². The van der Waals surface area contributed by atoms with Crippen LogP contribution in [0, 0.1) is 0 Å². The lowest BCUT2D eigenvalue weighted by Crippen LogP contribution is -2.46. The van der Waals surface area contributed by atoms with E-state index in [1.807, 2.05) is 0 Å². The Morgan fingerprint density at radius 2 is 0.739 bits per heavy atom. The second kappa shape index (κ2) is 56.7. The molecule has 0 saturated carbocycles. The van der Waals surface area contributed by atoms with Crippen LogP contribution >= 0.6 is 0 Å². The maximum Gasteiger partial charge on any atom is 0.306 e. The SMILES string of the molecule is CCCCC/C=C\C/C=C\C/C=C\C/C=C\CCCCCC(=O)OC(CCCCCCCCCCCCCCCCCC)CC(=O)NC(CO)C(O)CCCCCCCCCCCCCCCCC. The van der Waals surface area contributed by atoms with Crippen LogP contribution in [0.25, 0.3) is 0 Å². The van der Waals surface area contributed by atoms with Crippen molar-refractivity contribution in [2.75, 3.05) is 6.61 Å². The second-order valence-corrected chi connectivity index (χ2v) is 20.8. The highest BCUT2D eigenvalue weighted by molar-refractivity contribution is 5.77. The third-order valence-corrected chi connectivity index (χ3v) is 13.9. The molecule has 0 fully saturated rings. The van der Waals surface area contributed by atoms with Crippen molar-refractivity contribution in [1.29, 1.82) is 0 Å². The molecule has 0 saturated heterocycles. The Hall–Kier alpha value is -2.18. The Morgan fingerprint density at radius 3 is 1.13 bits per heavy atom. The molecule has 0 bridgehead atoms. The molecular formula is C63H117NO5. The van der Waals surface area contributed by atoms with Gasteiger partial charge in [-0.3, -0.25) is 9.59 Å². The van der Waals surface area contributed by atoms with E-state index in [4.69, 9.17) is 4.74 Å². The van der Waals surface area contributed by atoms with Crippen molar-refractivity contribution in [3.63, 3.8) is 0 Å². The second-order valence-electron chi connectivity index (χ2n) is 20.8. The molecule has 0 heterocycles. The van der Waals surface area contributed by atoms with Gasteiger partial charge in [-0.1, -0.05) is 281 Å². The predicted molar refractivity (Wildman–Crippen MR) is 301 cm³/mol. The van der Waals surface area contributed by atoms with Crippen molar-refractivity contribution < 1.29 is 24.5 Å². The summed E-state index contributed by atoms with van der Waals surface area (Å²) in [5, 5.41) is 23.9. The van der Waals surface area contributed by atoms with Gasteiger partial charge in [-0.25, -0.2) is 0 Å². The van der Waals surface area contributed by atoms with Crippen molar-refractivity contribution in [3.05, 3.63) is 48.6 Å². The molecule has 0 aliphatic rings. The lowest BCUT2D eigenvalue weighted by atomic mass is 10.0. The number of carbonyl (C=O) groups is 2. The Labute approximate surface area is 429 Å². The van der Waals surface area contributed by atoms with Crippen LogP contribution in [0.15, 0.2) is 48.6 Å². The number of nitrogens with one attached hydrogen (secondary N) is 1. The predicted octanol–water partition coefficient (Wildman–Crippen LogP) is 19.0. The monoisotopic (exact) mass is 968 g/mol.